The largest absolute Gasteiger partial charge is 0.455 e. The maximum absolute atomic E-state index is 6.53. The lowest BCUT2D eigenvalue weighted by Gasteiger charge is -2.11. The third-order valence-corrected chi connectivity index (χ3v) is 10.4. The summed E-state index contributed by atoms with van der Waals surface area (Å²) in [4.78, 5) is 15.5. The van der Waals surface area contributed by atoms with Crippen LogP contribution >= 0.6 is 0 Å². The Kier molecular flexibility index (Phi) is 6.79. The minimum atomic E-state index is 0.611. The highest BCUT2D eigenvalue weighted by molar-refractivity contribution is 6.19. The van der Waals surface area contributed by atoms with Gasteiger partial charge in [-0.25, -0.2) is 15.0 Å². The molecule has 0 radical (unpaired) electrons. The minimum Gasteiger partial charge on any atom is -0.455 e. The summed E-state index contributed by atoms with van der Waals surface area (Å²) in [6.45, 7) is 0. The fraction of sp³-hybridized carbons (Fsp3) is 0. The molecule has 3 aromatic heterocycles. The highest BCUT2D eigenvalue weighted by atomic mass is 16.3. The van der Waals surface area contributed by atoms with Gasteiger partial charge in [-0.3, -0.25) is 0 Å². The number of hydrogen-bond donors (Lipinski definition) is 0. The Balaban J connectivity index is 1.12. The molecule has 0 spiro atoms. The number of furan rings is 1. The summed E-state index contributed by atoms with van der Waals surface area (Å²) >= 11 is 0. The quantitative estimate of drug-likeness (QED) is 0.180. The third-order valence-electron chi connectivity index (χ3n) is 10.4. The van der Waals surface area contributed by atoms with Crippen LogP contribution in [0.2, 0.25) is 0 Å². The zero-order valence-electron chi connectivity index (χ0n) is 29.0. The molecule has 252 valence electrons. The molecule has 0 fully saturated rings. The highest BCUT2D eigenvalue weighted by Gasteiger charge is 2.20. The lowest BCUT2D eigenvalue weighted by Crippen LogP contribution is -2.00. The molecule has 0 unspecified atom stereocenters. The van der Waals surface area contributed by atoms with Crippen molar-refractivity contribution in [3.63, 3.8) is 0 Å². The smallest absolute Gasteiger partial charge is 0.164 e. The molecule has 0 saturated carbocycles. The first-order valence-electron chi connectivity index (χ1n) is 18.1. The summed E-state index contributed by atoms with van der Waals surface area (Å²) in [6.07, 6.45) is 0. The number of para-hydroxylation sites is 2. The molecule has 5 nitrogen and oxygen atoms in total. The SMILES string of the molecule is c1ccc(-c2nc(-c3cccc(-c4cccc5oc6c7ccccc7ccc6c45)c3)nc(-c3cccc4c3c3ccccc3n4-c3ccccc3)n2)cc1. The lowest BCUT2D eigenvalue weighted by molar-refractivity contribution is 0.673. The van der Waals surface area contributed by atoms with Crippen LogP contribution in [0.4, 0.5) is 0 Å². The Morgan fingerprint density at radius 3 is 1.89 bits per heavy atom. The summed E-state index contributed by atoms with van der Waals surface area (Å²) in [6, 6.07) is 63.1. The number of nitrogens with zero attached hydrogens (tertiary/aromatic N) is 4. The molecule has 3 heterocycles. The summed E-state index contributed by atoms with van der Waals surface area (Å²) in [5.41, 5.74) is 10.0. The van der Waals surface area contributed by atoms with Crippen molar-refractivity contribution < 1.29 is 4.42 Å². The number of fused-ring (bicyclic) bond motifs is 8. The third kappa shape index (κ3) is 4.76. The highest BCUT2D eigenvalue weighted by Crippen LogP contribution is 2.41. The maximum Gasteiger partial charge on any atom is 0.164 e. The maximum atomic E-state index is 6.53. The van der Waals surface area contributed by atoms with Gasteiger partial charge in [0.1, 0.15) is 11.2 Å². The molecule has 0 saturated heterocycles. The van der Waals surface area contributed by atoms with Crippen LogP contribution in [-0.2, 0) is 0 Å². The van der Waals surface area contributed by atoms with E-state index in [1.165, 1.54) is 0 Å². The van der Waals surface area contributed by atoms with Crippen LogP contribution in [0, 0.1) is 0 Å². The molecule has 11 aromatic rings. The van der Waals surface area contributed by atoms with Crippen molar-refractivity contribution in [3.05, 3.63) is 182 Å². The van der Waals surface area contributed by atoms with E-state index in [0.29, 0.717) is 17.5 Å². The molecule has 54 heavy (non-hydrogen) atoms. The van der Waals surface area contributed by atoms with Gasteiger partial charge >= 0.3 is 0 Å². The van der Waals surface area contributed by atoms with Crippen molar-refractivity contribution in [2.75, 3.05) is 0 Å². The van der Waals surface area contributed by atoms with E-state index in [1.807, 2.05) is 18.2 Å². The molecule has 5 heteroatoms. The van der Waals surface area contributed by atoms with E-state index in [0.717, 1.165) is 88.0 Å². The predicted octanol–water partition coefficient (Wildman–Crippen LogP) is 12.7. The van der Waals surface area contributed by atoms with Gasteiger partial charge in [0, 0.05) is 49.3 Å². The Morgan fingerprint density at radius 2 is 1.02 bits per heavy atom. The Labute approximate surface area is 310 Å². The molecular weight excluding hydrogens is 661 g/mol. The summed E-state index contributed by atoms with van der Waals surface area (Å²) in [5, 5.41) is 6.71. The average molecular weight is 691 g/mol. The van der Waals surface area contributed by atoms with Crippen LogP contribution in [0.3, 0.4) is 0 Å². The van der Waals surface area contributed by atoms with Crippen molar-refractivity contribution in [1.82, 2.24) is 19.5 Å². The molecule has 0 aliphatic heterocycles. The van der Waals surface area contributed by atoms with Gasteiger partial charge in [-0.2, -0.15) is 0 Å². The van der Waals surface area contributed by atoms with Gasteiger partial charge in [-0.1, -0.05) is 140 Å². The van der Waals surface area contributed by atoms with E-state index in [2.05, 4.69) is 168 Å². The number of benzene rings is 8. The number of hydrogen-bond acceptors (Lipinski definition) is 4. The van der Waals surface area contributed by atoms with Crippen LogP contribution in [0.15, 0.2) is 186 Å². The predicted molar refractivity (Wildman–Crippen MR) is 221 cm³/mol. The summed E-state index contributed by atoms with van der Waals surface area (Å²) in [7, 11) is 0. The lowest BCUT2D eigenvalue weighted by atomic mass is 9.97. The zero-order valence-corrected chi connectivity index (χ0v) is 29.0. The monoisotopic (exact) mass is 690 g/mol. The number of aromatic nitrogens is 4. The molecule has 0 bridgehead atoms. The molecule has 8 aromatic carbocycles. The second-order valence-corrected chi connectivity index (χ2v) is 13.6. The van der Waals surface area contributed by atoms with Crippen molar-refractivity contribution >= 4 is 54.5 Å². The van der Waals surface area contributed by atoms with Crippen molar-refractivity contribution in [2.24, 2.45) is 0 Å². The van der Waals surface area contributed by atoms with Crippen LogP contribution in [0.5, 0.6) is 0 Å². The van der Waals surface area contributed by atoms with Crippen LogP contribution < -0.4 is 0 Å². The van der Waals surface area contributed by atoms with Crippen molar-refractivity contribution in [1.29, 1.82) is 0 Å². The topological polar surface area (TPSA) is 56.7 Å². The first-order chi connectivity index (χ1) is 26.8. The van der Waals surface area contributed by atoms with Gasteiger partial charge in [0.25, 0.3) is 0 Å². The second-order valence-electron chi connectivity index (χ2n) is 13.6. The van der Waals surface area contributed by atoms with Gasteiger partial charge < -0.3 is 8.98 Å². The van der Waals surface area contributed by atoms with E-state index in [9.17, 15) is 0 Å². The molecule has 0 atom stereocenters. The Hall–Kier alpha value is -7.37. The molecule has 0 aliphatic carbocycles. The number of rotatable bonds is 5. The fourth-order valence-corrected chi connectivity index (χ4v) is 8.02. The van der Waals surface area contributed by atoms with Crippen LogP contribution in [0.25, 0.3) is 105 Å². The van der Waals surface area contributed by atoms with Gasteiger partial charge in [-0.15, -0.1) is 0 Å². The zero-order chi connectivity index (χ0) is 35.6. The first-order valence-corrected chi connectivity index (χ1v) is 18.1. The van der Waals surface area contributed by atoms with E-state index in [4.69, 9.17) is 19.4 Å². The normalized spacial score (nSPS) is 11.7. The minimum absolute atomic E-state index is 0.611. The average Bonchev–Trinajstić information content (AvgIpc) is 3.81. The van der Waals surface area contributed by atoms with Gasteiger partial charge in [0.2, 0.25) is 0 Å². The van der Waals surface area contributed by atoms with E-state index >= 15 is 0 Å². The fourth-order valence-electron chi connectivity index (χ4n) is 8.02. The molecule has 0 N–H and O–H groups in total. The van der Waals surface area contributed by atoms with Crippen molar-refractivity contribution in [3.8, 4) is 51.0 Å². The Bertz CT molecular complexity index is 3220. The van der Waals surface area contributed by atoms with E-state index in [-0.39, 0.29) is 0 Å². The van der Waals surface area contributed by atoms with E-state index in [1.54, 1.807) is 0 Å². The molecular formula is C49H30N4O. The van der Waals surface area contributed by atoms with E-state index < -0.39 is 0 Å². The Morgan fingerprint density at radius 1 is 0.389 bits per heavy atom. The van der Waals surface area contributed by atoms with Crippen molar-refractivity contribution in [2.45, 2.75) is 0 Å². The second kappa shape index (κ2) is 12.1. The molecule has 0 amide bonds. The summed E-state index contributed by atoms with van der Waals surface area (Å²) < 4.78 is 8.85. The van der Waals surface area contributed by atoms with Crippen LogP contribution in [0.1, 0.15) is 0 Å². The summed E-state index contributed by atoms with van der Waals surface area (Å²) in [5.74, 6) is 1.86. The molecule has 0 aliphatic rings. The standard InChI is InChI=1S/C49H30N4O/c1-3-15-32(16-4-1)47-50-48(52-49(51-47)40-24-12-26-42-44(40)38-22-9-10-25-41(38)53(42)35-19-5-2-6-20-35)34-18-11-17-33(30-34)36-23-13-27-43-45(36)39-29-28-31-14-7-8-21-37(31)46(39)54-43/h1-30H. The first kappa shape index (κ1) is 30.3. The van der Waals surface area contributed by atoms with Gasteiger partial charge in [-0.05, 0) is 59.0 Å². The van der Waals surface area contributed by atoms with Crippen LogP contribution in [-0.4, -0.2) is 19.5 Å². The van der Waals surface area contributed by atoms with Gasteiger partial charge in [0.05, 0.1) is 11.0 Å². The van der Waals surface area contributed by atoms with Gasteiger partial charge in [0.15, 0.2) is 17.5 Å². The molecule has 11 rings (SSSR count).